The predicted octanol–water partition coefficient (Wildman–Crippen LogP) is 4.85. The fourth-order valence-electron chi connectivity index (χ4n) is 4.76. The van der Waals surface area contributed by atoms with E-state index in [1.165, 1.54) is 29.2 Å². The van der Waals surface area contributed by atoms with E-state index in [1.54, 1.807) is 11.9 Å². The molecule has 4 atom stereocenters. The lowest BCUT2D eigenvalue weighted by molar-refractivity contribution is -0.0115. The predicted molar refractivity (Wildman–Crippen MR) is 159 cm³/mol. The van der Waals surface area contributed by atoms with Crippen molar-refractivity contribution in [3.63, 3.8) is 0 Å². The van der Waals surface area contributed by atoms with Crippen molar-refractivity contribution in [1.82, 2.24) is 9.80 Å². The summed E-state index contributed by atoms with van der Waals surface area (Å²) in [7, 11) is 5.51. The summed E-state index contributed by atoms with van der Waals surface area (Å²) in [6.07, 6.45) is 2.03. The second kappa shape index (κ2) is 15.0. The van der Waals surface area contributed by atoms with Gasteiger partial charge in [-0.25, -0.2) is 9.18 Å². The molecule has 1 aliphatic heterocycles. The van der Waals surface area contributed by atoms with E-state index in [1.807, 2.05) is 58.0 Å². The molecule has 10 heteroatoms. The number of amides is 3. The van der Waals surface area contributed by atoms with E-state index < -0.39 is 6.04 Å². The summed E-state index contributed by atoms with van der Waals surface area (Å²) >= 11 is 0. The Morgan fingerprint density at radius 1 is 1.15 bits per heavy atom. The molecule has 0 bridgehead atoms. The second-order valence-electron chi connectivity index (χ2n) is 11.2. The summed E-state index contributed by atoms with van der Waals surface area (Å²) in [5.41, 5.74) is 1.80. The Hall–Kier alpha value is -3.37. The smallest absolute Gasteiger partial charge is 0.321 e. The van der Waals surface area contributed by atoms with E-state index in [0.717, 1.165) is 24.9 Å². The van der Waals surface area contributed by atoms with E-state index in [4.69, 9.17) is 9.47 Å². The Morgan fingerprint density at radius 2 is 1.85 bits per heavy atom. The van der Waals surface area contributed by atoms with Gasteiger partial charge in [-0.2, -0.15) is 0 Å². The van der Waals surface area contributed by atoms with Crippen LogP contribution in [0.3, 0.4) is 0 Å². The fraction of sp³-hybridized carbons (Fsp3) is 0.548. The Bertz CT molecular complexity index is 1150. The van der Waals surface area contributed by atoms with Crippen LogP contribution in [0.4, 0.5) is 20.6 Å². The highest BCUT2D eigenvalue weighted by molar-refractivity contribution is 5.98. The molecule has 0 spiro atoms. The van der Waals surface area contributed by atoms with Gasteiger partial charge in [0.2, 0.25) is 0 Å². The van der Waals surface area contributed by atoms with Crippen LogP contribution in [-0.2, 0) is 4.74 Å². The number of aliphatic hydroxyl groups excluding tert-OH is 1. The molecule has 0 aliphatic carbocycles. The van der Waals surface area contributed by atoms with Gasteiger partial charge < -0.3 is 34.6 Å². The number of benzene rings is 2. The van der Waals surface area contributed by atoms with E-state index in [0.29, 0.717) is 30.2 Å². The van der Waals surface area contributed by atoms with Crippen LogP contribution < -0.4 is 15.0 Å². The first-order valence-corrected chi connectivity index (χ1v) is 14.3. The summed E-state index contributed by atoms with van der Waals surface area (Å²) in [5.74, 6) is -0.256. The van der Waals surface area contributed by atoms with Gasteiger partial charge in [-0.15, -0.1) is 0 Å². The molecule has 0 fully saturated rings. The molecular weight excluding hydrogens is 527 g/mol. The van der Waals surface area contributed by atoms with Gasteiger partial charge in [0.05, 0.1) is 30.4 Å². The molecule has 2 N–H and O–H groups in total. The lowest BCUT2D eigenvalue weighted by Gasteiger charge is -2.36. The van der Waals surface area contributed by atoms with E-state index in [-0.39, 0.29) is 49.0 Å². The van der Waals surface area contributed by atoms with Gasteiger partial charge in [-0.3, -0.25) is 4.79 Å². The van der Waals surface area contributed by atoms with Gasteiger partial charge in [0.1, 0.15) is 11.6 Å². The topological polar surface area (TPSA) is 94.6 Å². The van der Waals surface area contributed by atoms with Crippen LogP contribution >= 0.6 is 0 Å². The third-order valence-corrected chi connectivity index (χ3v) is 7.45. The first kappa shape index (κ1) is 32.1. The number of aliphatic hydroxyl groups is 1. The molecule has 1 heterocycles. The number of halogens is 1. The summed E-state index contributed by atoms with van der Waals surface area (Å²) in [6, 6.07) is 10.4. The van der Waals surface area contributed by atoms with Crippen LogP contribution in [0.25, 0.3) is 0 Å². The molecule has 226 valence electrons. The standard InChI is InChI=1S/C31H45FN4O5/c1-21-18-36(22(2)20-37)30(38)27-17-26(34(4)5)14-15-28(27)41-23(3)9-7-8-16-40-29(21)19-35(6)31(39)33-25-12-10-24(32)11-13-25/h10-15,17,21-23,29,37H,7-9,16,18-20H2,1-6H3,(H,33,39)/t21-,22+,23+,29-/m1/s1. The lowest BCUT2D eigenvalue weighted by Crippen LogP contribution is -2.48. The maximum Gasteiger partial charge on any atom is 0.321 e. The first-order valence-electron chi connectivity index (χ1n) is 14.3. The van der Waals surface area contributed by atoms with Gasteiger partial charge >= 0.3 is 6.03 Å². The summed E-state index contributed by atoms with van der Waals surface area (Å²) in [4.78, 5) is 32.1. The molecule has 0 aromatic heterocycles. The number of hydrogen-bond acceptors (Lipinski definition) is 6. The number of urea groups is 1. The molecule has 9 nitrogen and oxygen atoms in total. The number of likely N-dealkylation sites (N-methyl/N-ethyl adjacent to an activating group) is 1. The monoisotopic (exact) mass is 572 g/mol. The largest absolute Gasteiger partial charge is 0.490 e. The van der Waals surface area contributed by atoms with Crippen molar-refractivity contribution in [2.75, 3.05) is 57.7 Å². The maximum atomic E-state index is 14.1. The summed E-state index contributed by atoms with van der Waals surface area (Å²) in [6.45, 7) is 6.68. The minimum absolute atomic E-state index is 0.102. The molecule has 0 radical (unpaired) electrons. The molecule has 2 aromatic rings. The molecule has 41 heavy (non-hydrogen) atoms. The van der Waals surface area contributed by atoms with Gasteiger partial charge in [0.25, 0.3) is 5.91 Å². The van der Waals surface area contributed by atoms with Crippen molar-refractivity contribution in [3.8, 4) is 5.75 Å². The third-order valence-electron chi connectivity index (χ3n) is 7.45. The molecular formula is C31H45FN4O5. The van der Waals surface area contributed by atoms with Crippen molar-refractivity contribution in [2.24, 2.45) is 5.92 Å². The molecule has 3 amide bonds. The molecule has 3 rings (SSSR count). The number of nitrogens with zero attached hydrogens (tertiary/aromatic N) is 3. The fourth-order valence-corrected chi connectivity index (χ4v) is 4.76. The minimum atomic E-state index is -0.453. The average molecular weight is 573 g/mol. The zero-order valence-corrected chi connectivity index (χ0v) is 25.1. The molecule has 0 saturated heterocycles. The lowest BCUT2D eigenvalue weighted by atomic mass is 10.0. The van der Waals surface area contributed by atoms with Crippen molar-refractivity contribution in [1.29, 1.82) is 0 Å². The average Bonchev–Trinajstić information content (AvgIpc) is 2.94. The van der Waals surface area contributed by atoms with Crippen LogP contribution in [0.2, 0.25) is 0 Å². The highest BCUT2D eigenvalue weighted by Crippen LogP contribution is 2.29. The van der Waals surface area contributed by atoms with Crippen LogP contribution in [0, 0.1) is 11.7 Å². The maximum absolute atomic E-state index is 14.1. The Morgan fingerprint density at radius 3 is 2.51 bits per heavy atom. The third kappa shape index (κ3) is 9.06. The zero-order valence-electron chi connectivity index (χ0n) is 25.1. The SMILES string of the molecule is C[C@@H]1CN([C@@H](C)CO)C(=O)c2cc(N(C)C)ccc2O[C@@H](C)CCCCO[C@@H]1CN(C)C(=O)Nc1ccc(F)cc1. The van der Waals surface area contributed by atoms with Gasteiger partial charge in [0.15, 0.2) is 0 Å². The first-order chi connectivity index (χ1) is 19.5. The Labute approximate surface area is 243 Å². The zero-order chi connectivity index (χ0) is 30.1. The van der Waals surface area contributed by atoms with Crippen molar-refractivity contribution >= 4 is 23.3 Å². The normalized spacial score (nSPS) is 21.2. The van der Waals surface area contributed by atoms with E-state index >= 15 is 0 Å². The second-order valence-corrected chi connectivity index (χ2v) is 11.2. The van der Waals surface area contributed by atoms with Gasteiger partial charge in [-0.05, 0) is 75.6 Å². The quantitative estimate of drug-likeness (QED) is 0.514. The molecule has 2 aromatic carbocycles. The van der Waals surface area contributed by atoms with Crippen molar-refractivity contribution < 1.29 is 28.6 Å². The number of fused-ring (bicyclic) bond motifs is 1. The summed E-state index contributed by atoms with van der Waals surface area (Å²) in [5, 5.41) is 12.9. The number of nitrogens with one attached hydrogen (secondary N) is 1. The number of ether oxygens (including phenoxy) is 2. The van der Waals surface area contributed by atoms with Crippen molar-refractivity contribution in [3.05, 3.63) is 53.8 Å². The van der Waals surface area contributed by atoms with E-state index in [2.05, 4.69) is 5.32 Å². The molecule has 0 unspecified atom stereocenters. The van der Waals surface area contributed by atoms with Crippen LogP contribution in [-0.4, -0.2) is 92.5 Å². The highest BCUT2D eigenvalue weighted by atomic mass is 19.1. The molecule has 0 saturated carbocycles. The number of carbonyl (C=O) groups is 2. The Kier molecular flexibility index (Phi) is 11.8. The van der Waals surface area contributed by atoms with Crippen molar-refractivity contribution in [2.45, 2.75) is 58.3 Å². The highest BCUT2D eigenvalue weighted by Gasteiger charge is 2.31. The number of rotatable bonds is 6. The van der Waals surface area contributed by atoms with Gasteiger partial charge in [0, 0.05) is 58.1 Å². The summed E-state index contributed by atoms with van der Waals surface area (Å²) < 4.78 is 25.8. The van der Waals surface area contributed by atoms with Gasteiger partial charge in [-0.1, -0.05) is 6.92 Å². The van der Waals surface area contributed by atoms with E-state index in [9.17, 15) is 19.1 Å². The minimum Gasteiger partial charge on any atom is -0.490 e. The number of hydrogen-bond donors (Lipinski definition) is 2. The number of anilines is 2. The van der Waals surface area contributed by atoms with Crippen LogP contribution in [0.1, 0.15) is 50.4 Å². The van der Waals surface area contributed by atoms with Crippen LogP contribution in [0.15, 0.2) is 42.5 Å². The number of carbonyl (C=O) groups excluding carboxylic acids is 2. The Balaban J connectivity index is 1.87. The molecule has 1 aliphatic rings. The van der Waals surface area contributed by atoms with Crippen LogP contribution in [0.5, 0.6) is 5.75 Å².